The minimum absolute atomic E-state index is 0. The van der Waals surface area contributed by atoms with Gasteiger partial charge >= 0.3 is 21.7 Å². The third-order valence-corrected chi connectivity index (χ3v) is 2.86. The maximum absolute atomic E-state index is 10.4. The van der Waals surface area contributed by atoms with Crippen LogP contribution in [0.1, 0.15) is 60.8 Å². The smallest absolute Gasteiger partial charge is 0.549 e. The monoisotopic (exact) mass is 406 g/mol. The zero-order chi connectivity index (χ0) is 20.7. The minimum atomic E-state index is -1.27. The van der Waals surface area contributed by atoms with Crippen LogP contribution in [0.25, 0.3) is 0 Å². The van der Waals surface area contributed by atoms with Gasteiger partial charge in [-0.25, -0.2) is 0 Å². The molecular weight excluding hydrogens is 380 g/mol. The molecule has 146 valence electrons. The molecule has 0 aromatic rings. The molecule has 0 saturated carbocycles. The Morgan fingerprint density at radius 3 is 0.885 bits per heavy atom. The second kappa shape index (κ2) is 18.1. The first-order valence-electron chi connectivity index (χ1n) is 7.73. The largest absolute Gasteiger partial charge is 2.00 e. The van der Waals surface area contributed by atoms with Crippen molar-refractivity contribution in [3.8, 4) is 0 Å². The summed E-state index contributed by atoms with van der Waals surface area (Å²) in [5.41, 5.74) is 0. The molecule has 0 N–H and O–H groups in total. The van der Waals surface area contributed by atoms with Crippen molar-refractivity contribution in [2.45, 2.75) is 60.8 Å². The molecule has 2 atom stereocenters. The number of ketones is 4. The van der Waals surface area contributed by atoms with Gasteiger partial charge in [-0.2, -0.15) is 0 Å². The molecule has 0 bridgehead atoms. The van der Waals surface area contributed by atoms with E-state index in [0.717, 1.165) is 0 Å². The minimum Gasteiger partial charge on any atom is -0.549 e. The van der Waals surface area contributed by atoms with Crippen molar-refractivity contribution in [2.24, 2.45) is 11.8 Å². The molecule has 8 nitrogen and oxygen atoms in total. The number of carboxylic acid groups (broad SMARTS) is 2. The van der Waals surface area contributed by atoms with Crippen molar-refractivity contribution >= 4 is 35.1 Å². The van der Waals surface area contributed by atoms with E-state index in [-0.39, 0.29) is 51.3 Å². The average Bonchev–Trinajstić information content (AvgIpc) is 2.37. The fourth-order valence-corrected chi connectivity index (χ4v) is 1.59. The maximum atomic E-state index is 10.4. The van der Waals surface area contributed by atoms with Crippen LogP contribution >= 0.6 is 0 Å². The van der Waals surface area contributed by atoms with Crippen molar-refractivity contribution in [1.82, 2.24) is 0 Å². The quantitative estimate of drug-likeness (QED) is 0.378. The van der Waals surface area contributed by atoms with E-state index in [4.69, 9.17) is 0 Å². The van der Waals surface area contributed by atoms with E-state index < -0.39 is 23.8 Å². The van der Waals surface area contributed by atoms with Crippen LogP contribution < -0.4 is 10.2 Å². The van der Waals surface area contributed by atoms with Gasteiger partial charge in [0.2, 0.25) is 0 Å². The summed E-state index contributed by atoms with van der Waals surface area (Å²) in [6.45, 7) is 8.60. The van der Waals surface area contributed by atoms with Crippen LogP contribution in [0.15, 0.2) is 0 Å². The van der Waals surface area contributed by atoms with Gasteiger partial charge in [-0.15, -0.1) is 0 Å². The van der Waals surface area contributed by atoms with Gasteiger partial charge in [0.05, 0.1) is 30.2 Å². The Kier molecular flexibility index (Phi) is 22.4. The Labute approximate surface area is 168 Å². The normalized spacial score (nSPS) is 11.0. The van der Waals surface area contributed by atoms with Gasteiger partial charge in [-0.3, -0.25) is 19.2 Å². The molecule has 0 aliphatic heterocycles. The predicted octanol–water partition coefficient (Wildman–Crippen LogP) is -0.745. The van der Waals surface area contributed by atoms with E-state index in [1.807, 2.05) is 0 Å². The number of carboxylic acids is 2. The first-order valence-corrected chi connectivity index (χ1v) is 7.73. The van der Waals surface area contributed by atoms with Crippen LogP contribution in [-0.2, 0) is 50.5 Å². The number of rotatable bonds is 8. The van der Waals surface area contributed by atoms with Gasteiger partial charge < -0.3 is 19.8 Å². The van der Waals surface area contributed by atoms with Crippen LogP contribution in [0.3, 0.4) is 0 Å². The molecule has 2 unspecified atom stereocenters. The Morgan fingerprint density at radius 1 is 0.654 bits per heavy atom. The SMILES string of the molecule is CC(=O)CC(C)=O.CCC(C(C)=O)C(=O)[O-].CCC(C(C)=O)C(=O)[O-].[Ti+2]. The van der Waals surface area contributed by atoms with Gasteiger partial charge in [0.1, 0.15) is 23.1 Å². The summed E-state index contributed by atoms with van der Waals surface area (Å²) in [6, 6.07) is 0. The summed E-state index contributed by atoms with van der Waals surface area (Å²) in [5.74, 6) is -5.17. The fourth-order valence-electron chi connectivity index (χ4n) is 1.59. The Hall–Kier alpha value is -1.67. The topological polar surface area (TPSA) is 149 Å². The van der Waals surface area contributed by atoms with Crippen LogP contribution in [0.5, 0.6) is 0 Å². The fraction of sp³-hybridized carbons (Fsp3) is 0.647. The van der Waals surface area contributed by atoms with Crippen molar-refractivity contribution in [1.29, 1.82) is 0 Å². The predicted molar refractivity (Wildman–Crippen MR) is 84.9 cm³/mol. The van der Waals surface area contributed by atoms with E-state index in [0.29, 0.717) is 12.8 Å². The Bertz CT molecular complexity index is 427. The zero-order valence-electron chi connectivity index (χ0n) is 16.0. The molecule has 0 radical (unpaired) electrons. The third-order valence-electron chi connectivity index (χ3n) is 2.86. The summed E-state index contributed by atoms with van der Waals surface area (Å²) >= 11 is 0. The second-order valence-electron chi connectivity index (χ2n) is 5.36. The molecule has 0 saturated heterocycles. The van der Waals surface area contributed by atoms with Crippen LogP contribution in [0, 0.1) is 11.8 Å². The van der Waals surface area contributed by atoms with E-state index in [1.54, 1.807) is 13.8 Å². The molecule has 26 heavy (non-hydrogen) atoms. The van der Waals surface area contributed by atoms with Crippen molar-refractivity contribution in [3.63, 3.8) is 0 Å². The molecule has 0 amide bonds. The van der Waals surface area contributed by atoms with Crippen LogP contribution in [-0.4, -0.2) is 35.1 Å². The van der Waals surface area contributed by atoms with E-state index in [2.05, 4.69) is 0 Å². The first-order chi connectivity index (χ1) is 11.3. The molecule has 0 fully saturated rings. The standard InChI is InChI=1S/2C6H10O3.C5H8O2.Ti/c2*1-3-5(4(2)7)6(8)9;1-4(6)3-5(2)7;/h2*5H,3H2,1-2H3,(H,8,9);3H2,1-2H3;/q;;;+2/p-2. The van der Waals surface area contributed by atoms with E-state index in [1.165, 1.54) is 27.7 Å². The second-order valence-corrected chi connectivity index (χ2v) is 5.36. The molecule has 0 spiro atoms. The molecule has 0 aromatic heterocycles. The number of aliphatic carboxylic acids is 2. The van der Waals surface area contributed by atoms with Gasteiger partial charge in [0.25, 0.3) is 0 Å². The summed E-state index contributed by atoms with van der Waals surface area (Å²) in [7, 11) is 0. The molecule has 0 aliphatic rings. The van der Waals surface area contributed by atoms with E-state index in [9.17, 15) is 39.0 Å². The molecule has 9 heteroatoms. The Morgan fingerprint density at radius 2 is 0.885 bits per heavy atom. The number of carbonyl (C=O) groups is 6. The van der Waals surface area contributed by atoms with Crippen LogP contribution in [0.2, 0.25) is 0 Å². The summed E-state index contributed by atoms with van der Waals surface area (Å²) in [6.07, 6.45) is 0.718. The Balaban J connectivity index is -0.000000138. The maximum Gasteiger partial charge on any atom is 2.00 e. The first kappa shape index (κ1) is 32.0. The van der Waals surface area contributed by atoms with E-state index >= 15 is 0 Å². The molecular formula is C17H26O8Ti. The van der Waals surface area contributed by atoms with Gasteiger partial charge in [0.15, 0.2) is 0 Å². The summed E-state index contributed by atoms with van der Waals surface area (Å²) < 4.78 is 0. The number of carbonyl (C=O) groups excluding carboxylic acids is 6. The number of hydrogen-bond acceptors (Lipinski definition) is 8. The molecule has 0 heterocycles. The molecule has 0 rings (SSSR count). The summed E-state index contributed by atoms with van der Waals surface area (Å²) in [4.78, 5) is 60.9. The average molecular weight is 406 g/mol. The summed E-state index contributed by atoms with van der Waals surface area (Å²) in [5, 5.41) is 20.1. The van der Waals surface area contributed by atoms with Crippen molar-refractivity contribution in [3.05, 3.63) is 0 Å². The molecule has 0 aromatic carbocycles. The van der Waals surface area contributed by atoms with Crippen LogP contribution in [0.4, 0.5) is 0 Å². The van der Waals surface area contributed by atoms with Crippen molar-refractivity contribution < 1.29 is 60.7 Å². The van der Waals surface area contributed by atoms with Gasteiger partial charge in [-0.1, -0.05) is 13.8 Å². The van der Waals surface area contributed by atoms with Gasteiger partial charge in [0, 0.05) is 0 Å². The zero-order valence-corrected chi connectivity index (χ0v) is 17.6. The van der Waals surface area contributed by atoms with Crippen molar-refractivity contribution in [2.75, 3.05) is 0 Å². The number of hydrogen-bond donors (Lipinski definition) is 0. The third kappa shape index (κ3) is 20.4. The van der Waals surface area contributed by atoms with Gasteiger partial charge in [-0.05, 0) is 40.5 Å². The number of Topliss-reactive ketones (excluding diaryl/α,β-unsaturated/α-hetero) is 4. The molecule has 0 aliphatic carbocycles.